The highest BCUT2D eigenvalue weighted by atomic mass is 32.2. The van der Waals surface area contributed by atoms with Gasteiger partial charge in [-0.15, -0.1) is 0 Å². The molecule has 0 saturated carbocycles. The largest absolute Gasteiger partial charge is 0.321 e. The van der Waals surface area contributed by atoms with Gasteiger partial charge in [0, 0.05) is 30.0 Å². The van der Waals surface area contributed by atoms with Gasteiger partial charge in [0.25, 0.3) is 5.91 Å². The van der Waals surface area contributed by atoms with Gasteiger partial charge in [-0.25, -0.2) is 13.1 Å². The Hall–Kier alpha value is -2.97. The fourth-order valence-corrected chi connectivity index (χ4v) is 5.23. The van der Waals surface area contributed by atoms with Crippen LogP contribution in [0.4, 0.5) is 5.69 Å². The lowest BCUT2D eigenvalue weighted by molar-refractivity contribution is 0.102. The number of carbonyl (C=O) groups excluding carboxylic acids is 1. The molecule has 2 aromatic carbocycles. The van der Waals surface area contributed by atoms with E-state index in [1.807, 2.05) is 49.7 Å². The summed E-state index contributed by atoms with van der Waals surface area (Å²) in [5.41, 5.74) is 5.13. The molecule has 0 spiro atoms. The Morgan fingerprint density at radius 2 is 1.72 bits per heavy atom. The predicted octanol–water partition coefficient (Wildman–Crippen LogP) is 3.95. The van der Waals surface area contributed by atoms with E-state index in [4.69, 9.17) is 0 Å². The minimum Gasteiger partial charge on any atom is -0.321 e. The number of fused-ring (bicyclic) bond motifs is 1. The molecule has 8 heteroatoms. The number of rotatable bonds is 6. The Bertz CT molecular complexity index is 1240. The molecular weight excluding hydrogens is 424 g/mol. The molecule has 168 valence electrons. The van der Waals surface area contributed by atoms with Gasteiger partial charge in [0.2, 0.25) is 10.0 Å². The van der Waals surface area contributed by atoms with Crippen LogP contribution in [-0.2, 0) is 22.9 Å². The number of nitrogens with zero attached hydrogens (tertiary/aromatic N) is 3. The molecule has 0 atom stereocenters. The number of benzene rings is 2. The second-order valence-electron chi connectivity index (χ2n) is 8.47. The number of nitrogens with one attached hydrogen (secondary N) is 1. The fourth-order valence-electron chi connectivity index (χ4n) is 3.86. The number of hydrogen-bond donors (Lipinski definition) is 1. The molecule has 0 unspecified atom stereocenters. The smallest absolute Gasteiger partial charge is 0.276 e. The topological polar surface area (TPSA) is 84.3 Å². The van der Waals surface area contributed by atoms with Crippen LogP contribution in [0.15, 0.2) is 53.4 Å². The normalized spacial score (nSPS) is 13.6. The number of carbonyl (C=O) groups is 1. The van der Waals surface area contributed by atoms with E-state index in [2.05, 4.69) is 10.4 Å². The van der Waals surface area contributed by atoms with E-state index in [-0.39, 0.29) is 16.8 Å². The SMILES string of the molecule is Cc1ccc(-n2nc(C(=O)Nc3ccc(S(=O)(=O)N(C)C(C)C)cc3)c3c2CCC3)cc1. The van der Waals surface area contributed by atoms with Crippen LogP contribution in [0.5, 0.6) is 0 Å². The van der Waals surface area contributed by atoms with Crippen molar-refractivity contribution in [2.75, 3.05) is 12.4 Å². The summed E-state index contributed by atoms with van der Waals surface area (Å²) in [5, 5.41) is 7.50. The average Bonchev–Trinajstić information content (AvgIpc) is 3.37. The summed E-state index contributed by atoms with van der Waals surface area (Å²) in [6, 6.07) is 14.2. The highest BCUT2D eigenvalue weighted by Gasteiger charge is 2.27. The molecule has 1 aromatic heterocycles. The summed E-state index contributed by atoms with van der Waals surface area (Å²) in [4.78, 5) is 13.2. The minimum atomic E-state index is -3.57. The molecule has 0 saturated heterocycles. The van der Waals surface area contributed by atoms with Gasteiger partial charge < -0.3 is 5.32 Å². The molecule has 1 N–H and O–H groups in total. The summed E-state index contributed by atoms with van der Waals surface area (Å²) >= 11 is 0. The van der Waals surface area contributed by atoms with Gasteiger partial charge in [0.15, 0.2) is 5.69 Å². The first-order valence-electron chi connectivity index (χ1n) is 10.8. The lowest BCUT2D eigenvalue weighted by atomic mass is 10.2. The van der Waals surface area contributed by atoms with Gasteiger partial charge in [0.1, 0.15) is 0 Å². The van der Waals surface area contributed by atoms with E-state index >= 15 is 0 Å². The van der Waals surface area contributed by atoms with Gasteiger partial charge in [-0.05, 0) is 76.4 Å². The van der Waals surface area contributed by atoms with Crippen LogP contribution in [0.2, 0.25) is 0 Å². The summed E-state index contributed by atoms with van der Waals surface area (Å²) < 4.78 is 28.5. The van der Waals surface area contributed by atoms with Crippen molar-refractivity contribution < 1.29 is 13.2 Å². The van der Waals surface area contributed by atoms with Gasteiger partial charge in [-0.2, -0.15) is 9.40 Å². The van der Waals surface area contributed by atoms with Crippen molar-refractivity contribution in [1.29, 1.82) is 0 Å². The van der Waals surface area contributed by atoms with Gasteiger partial charge in [0.05, 0.1) is 10.6 Å². The molecule has 1 aliphatic carbocycles. The molecular formula is C24H28N4O3S. The third-order valence-electron chi connectivity index (χ3n) is 5.94. The van der Waals surface area contributed by atoms with E-state index in [0.29, 0.717) is 11.4 Å². The lowest BCUT2D eigenvalue weighted by Gasteiger charge is -2.21. The Kier molecular flexibility index (Phi) is 5.92. The number of amides is 1. The molecule has 0 aliphatic heterocycles. The number of aryl methyl sites for hydroxylation is 1. The summed E-state index contributed by atoms with van der Waals surface area (Å²) in [5.74, 6) is -0.288. The Morgan fingerprint density at radius 3 is 2.34 bits per heavy atom. The summed E-state index contributed by atoms with van der Waals surface area (Å²) in [7, 11) is -2.01. The first kappa shape index (κ1) is 22.2. The average molecular weight is 453 g/mol. The van der Waals surface area contributed by atoms with E-state index in [1.165, 1.54) is 22.0 Å². The van der Waals surface area contributed by atoms with Crippen molar-refractivity contribution in [1.82, 2.24) is 14.1 Å². The highest BCUT2D eigenvalue weighted by Crippen LogP contribution is 2.28. The zero-order valence-electron chi connectivity index (χ0n) is 18.8. The number of hydrogen-bond acceptors (Lipinski definition) is 4. The maximum Gasteiger partial charge on any atom is 0.276 e. The molecule has 1 heterocycles. The molecule has 32 heavy (non-hydrogen) atoms. The first-order valence-corrected chi connectivity index (χ1v) is 12.2. The second-order valence-corrected chi connectivity index (χ2v) is 10.5. The molecule has 3 aromatic rings. The minimum absolute atomic E-state index is 0.148. The zero-order chi connectivity index (χ0) is 23.0. The van der Waals surface area contributed by atoms with Crippen LogP contribution in [0.3, 0.4) is 0 Å². The quantitative estimate of drug-likeness (QED) is 0.614. The van der Waals surface area contributed by atoms with Crippen molar-refractivity contribution >= 4 is 21.6 Å². The van der Waals surface area contributed by atoms with E-state index in [1.54, 1.807) is 19.2 Å². The monoisotopic (exact) mass is 452 g/mol. The standard InChI is InChI=1S/C24H28N4O3S/c1-16(2)27(4)32(30,31)20-14-10-18(11-15-20)25-24(29)23-21-6-5-7-22(21)28(26-23)19-12-8-17(3)9-13-19/h8-16H,5-7H2,1-4H3,(H,25,29). The van der Waals surface area contributed by atoms with Crippen LogP contribution in [0.1, 0.15) is 47.6 Å². The molecule has 7 nitrogen and oxygen atoms in total. The third kappa shape index (κ3) is 4.08. The molecule has 0 radical (unpaired) electrons. The Morgan fingerprint density at radius 1 is 1.06 bits per heavy atom. The van der Waals surface area contributed by atoms with E-state index in [0.717, 1.165) is 36.2 Å². The highest BCUT2D eigenvalue weighted by molar-refractivity contribution is 7.89. The number of aromatic nitrogens is 2. The van der Waals surface area contributed by atoms with Crippen molar-refractivity contribution in [3.8, 4) is 5.69 Å². The number of anilines is 1. The van der Waals surface area contributed by atoms with Gasteiger partial charge >= 0.3 is 0 Å². The van der Waals surface area contributed by atoms with Crippen LogP contribution < -0.4 is 5.32 Å². The van der Waals surface area contributed by atoms with E-state index in [9.17, 15) is 13.2 Å². The molecule has 0 bridgehead atoms. The summed E-state index contributed by atoms with van der Waals surface area (Å²) in [6.45, 7) is 5.67. The molecule has 4 rings (SSSR count). The Labute approximate surface area is 189 Å². The second kappa shape index (κ2) is 8.52. The van der Waals surface area contributed by atoms with Crippen molar-refractivity contribution in [2.24, 2.45) is 0 Å². The van der Waals surface area contributed by atoms with Crippen LogP contribution in [0, 0.1) is 6.92 Å². The number of sulfonamides is 1. The predicted molar refractivity (Wildman–Crippen MR) is 125 cm³/mol. The van der Waals surface area contributed by atoms with Gasteiger partial charge in [-0.3, -0.25) is 4.79 Å². The molecule has 1 amide bonds. The van der Waals surface area contributed by atoms with E-state index < -0.39 is 10.0 Å². The molecule has 1 aliphatic rings. The van der Waals surface area contributed by atoms with Crippen LogP contribution >= 0.6 is 0 Å². The summed E-state index contributed by atoms with van der Waals surface area (Å²) in [6.07, 6.45) is 2.71. The lowest BCUT2D eigenvalue weighted by Crippen LogP contribution is -2.33. The maximum atomic E-state index is 13.0. The van der Waals surface area contributed by atoms with Crippen molar-refractivity contribution in [3.05, 3.63) is 71.0 Å². The molecule has 0 fully saturated rings. The van der Waals surface area contributed by atoms with Crippen LogP contribution in [-0.4, -0.2) is 41.5 Å². The fraction of sp³-hybridized carbons (Fsp3) is 0.333. The third-order valence-corrected chi connectivity index (χ3v) is 7.99. The van der Waals surface area contributed by atoms with Crippen molar-refractivity contribution in [2.45, 2.75) is 51.0 Å². The first-order chi connectivity index (χ1) is 15.2. The Balaban J connectivity index is 1.57. The van der Waals surface area contributed by atoms with Gasteiger partial charge in [-0.1, -0.05) is 17.7 Å². The van der Waals surface area contributed by atoms with Crippen molar-refractivity contribution in [3.63, 3.8) is 0 Å². The van der Waals surface area contributed by atoms with Crippen LogP contribution in [0.25, 0.3) is 5.69 Å². The maximum absolute atomic E-state index is 13.0. The zero-order valence-corrected chi connectivity index (χ0v) is 19.6.